The first-order chi connectivity index (χ1) is 9.72. The molecule has 1 saturated carbocycles. The molecule has 0 aromatic heterocycles. The van der Waals surface area contributed by atoms with Crippen molar-refractivity contribution in [2.75, 3.05) is 11.9 Å². The third-order valence-corrected chi connectivity index (χ3v) is 3.97. The minimum absolute atomic E-state index is 0.0432. The monoisotopic (exact) mass is 271 g/mol. The van der Waals surface area contributed by atoms with Gasteiger partial charge in [0.2, 0.25) is 5.91 Å². The first-order valence-electron chi connectivity index (χ1n) is 7.21. The van der Waals surface area contributed by atoms with E-state index in [1.807, 2.05) is 42.2 Å². The number of hydrogen-bond acceptors (Lipinski definition) is 3. The molecule has 1 aliphatic rings. The first-order valence-corrected chi connectivity index (χ1v) is 7.21. The zero-order valence-electron chi connectivity index (χ0n) is 11.9. The van der Waals surface area contributed by atoms with Gasteiger partial charge >= 0.3 is 0 Å². The van der Waals surface area contributed by atoms with Crippen molar-refractivity contribution in [1.82, 2.24) is 4.90 Å². The summed E-state index contributed by atoms with van der Waals surface area (Å²) in [4.78, 5) is 14.4. The Kier molecular flexibility index (Phi) is 5.14. The lowest BCUT2D eigenvalue weighted by molar-refractivity contribution is -0.121. The summed E-state index contributed by atoms with van der Waals surface area (Å²) in [6.45, 7) is 2.20. The van der Waals surface area contributed by atoms with Crippen molar-refractivity contribution in [3.63, 3.8) is 0 Å². The molecule has 1 aromatic carbocycles. The highest BCUT2D eigenvalue weighted by Gasteiger charge is 2.29. The number of rotatable bonds is 5. The number of carbonyl (C=O) groups excluding carboxylic acids is 1. The van der Waals surface area contributed by atoms with Crippen molar-refractivity contribution in [3.05, 3.63) is 30.3 Å². The molecule has 4 nitrogen and oxygen atoms in total. The number of anilines is 1. The maximum Gasteiger partial charge on any atom is 0.241 e. The molecular weight excluding hydrogens is 250 g/mol. The Bertz CT molecular complexity index is 474. The molecular formula is C16H21N3O. The van der Waals surface area contributed by atoms with Gasteiger partial charge in [-0.15, -0.1) is 0 Å². The molecule has 0 radical (unpaired) electrons. The van der Waals surface area contributed by atoms with E-state index in [0.29, 0.717) is 12.6 Å². The van der Waals surface area contributed by atoms with Gasteiger partial charge in [-0.1, -0.05) is 31.0 Å². The summed E-state index contributed by atoms with van der Waals surface area (Å²) in [6.07, 6.45) is 4.56. The van der Waals surface area contributed by atoms with Crippen LogP contribution in [0, 0.1) is 11.3 Å². The quantitative estimate of drug-likeness (QED) is 0.838. The molecule has 20 heavy (non-hydrogen) atoms. The smallest absolute Gasteiger partial charge is 0.241 e. The molecule has 0 bridgehead atoms. The second kappa shape index (κ2) is 7.06. The van der Waals surface area contributed by atoms with Crippen LogP contribution in [-0.2, 0) is 4.79 Å². The number of para-hydroxylation sites is 1. The molecule has 4 heteroatoms. The summed E-state index contributed by atoms with van der Waals surface area (Å²) < 4.78 is 0. The minimum Gasteiger partial charge on any atom is -0.325 e. The number of nitriles is 1. The lowest BCUT2D eigenvalue weighted by Gasteiger charge is -2.31. The summed E-state index contributed by atoms with van der Waals surface area (Å²) in [5, 5.41) is 11.9. The normalized spacial score (nSPS) is 16.9. The van der Waals surface area contributed by atoms with Gasteiger partial charge in [-0.05, 0) is 31.9 Å². The molecule has 1 fully saturated rings. The van der Waals surface area contributed by atoms with Crippen LogP contribution in [0.1, 0.15) is 32.6 Å². The van der Waals surface area contributed by atoms with Crippen molar-refractivity contribution >= 4 is 11.6 Å². The van der Waals surface area contributed by atoms with Crippen LogP contribution in [-0.4, -0.2) is 29.4 Å². The van der Waals surface area contributed by atoms with Gasteiger partial charge in [-0.25, -0.2) is 0 Å². The van der Waals surface area contributed by atoms with Gasteiger partial charge in [-0.3, -0.25) is 9.69 Å². The fourth-order valence-corrected chi connectivity index (χ4v) is 2.82. The lowest BCUT2D eigenvalue weighted by Crippen LogP contribution is -2.47. The Hall–Kier alpha value is -1.86. The number of nitrogens with one attached hydrogen (secondary N) is 1. The van der Waals surface area contributed by atoms with E-state index in [1.54, 1.807) is 0 Å². The van der Waals surface area contributed by atoms with Crippen LogP contribution in [0.4, 0.5) is 5.69 Å². The maximum absolute atomic E-state index is 12.3. The van der Waals surface area contributed by atoms with Gasteiger partial charge in [-0.2, -0.15) is 5.26 Å². The topological polar surface area (TPSA) is 56.1 Å². The fraction of sp³-hybridized carbons (Fsp3) is 0.500. The van der Waals surface area contributed by atoms with Crippen molar-refractivity contribution in [1.29, 1.82) is 5.26 Å². The Morgan fingerprint density at radius 2 is 2.05 bits per heavy atom. The van der Waals surface area contributed by atoms with Gasteiger partial charge in [0.25, 0.3) is 0 Å². The molecule has 106 valence electrons. The van der Waals surface area contributed by atoms with E-state index in [4.69, 9.17) is 5.26 Å². The Morgan fingerprint density at radius 3 is 2.65 bits per heavy atom. The maximum atomic E-state index is 12.3. The van der Waals surface area contributed by atoms with Crippen molar-refractivity contribution in [2.24, 2.45) is 0 Å². The van der Waals surface area contributed by atoms with Crippen LogP contribution >= 0.6 is 0 Å². The summed E-state index contributed by atoms with van der Waals surface area (Å²) >= 11 is 0. The predicted octanol–water partition coefficient (Wildman–Crippen LogP) is 2.78. The first kappa shape index (κ1) is 14.5. The molecule has 1 atom stereocenters. The number of nitrogens with zero attached hydrogens (tertiary/aromatic N) is 2. The zero-order valence-corrected chi connectivity index (χ0v) is 11.9. The van der Waals surface area contributed by atoms with Crippen LogP contribution in [0.3, 0.4) is 0 Å². The van der Waals surface area contributed by atoms with Crippen molar-refractivity contribution in [2.45, 2.75) is 44.7 Å². The van der Waals surface area contributed by atoms with E-state index < -0.39 is 0 Å². The van der Waals surface area contributed by atoms with E-state index in [9.17, 15) is 4.79 Å². The molecule has 0 spiro atoms. The highest BCUT2D eigenvalue weighted by Crippen LogP contribution is 2.25. The SMILES string of the molecule is CC(C(=O)Nc1ccccc1)N(CC#N)C1CCCC1. The van der Waals surface area contributed by atoms with Crippen LogP contribution in [0.15, 0.2) is 30.3 Å². The summed E-state index contributed by atoms with van der Waals surface area (Å²) in [5.41, 5.74) is 0.799. The second-order valence-corrected chi connectivity index (χ2v) is 5.30. The molecule has 1 unspecified atom stereocenters. The molecule has 1 amide bonds. The summed E-state index contributed by atoms with van der Waals surface area (Å²) in [6, 6.07) is 11.7. The van der Waals surface area contributed by atoms with E-state index in [-0.39, 0.29) is 11.9 Å². The summed E-state index contributed by atoms with van der Waals surface area (Å²) in [5.74, 6) is -0.0432. The minimum atomic E-state index is -0.280. The molecule has 0 saturated heterocycles. The van der Waals surface area contributed by atoms with Gasteiger partial charge in [0.15, 0.2) is 0 Å². The van der Waals surface area contributed by atoms with Gasteiger partial charge in [0, 0.05) is 11.7 Å². The number of hydrogen-bond donors (Lipinski definition) is 1. The Labute approximate surface area is 120 Å². The number of carbonyl (C=O) groups is 1. The highest BCUT2D eigenvalue weighted by atomic mass is 16.2. The largest absolute Gasteiger partial charge is 0.325 e. The van der Waals surface area contributed by atoms with Crippen LogP contribution in [0.5, 0.6) is 0 Å². The molecule has 0 heterocycles. The molecule has 1 aliphatic carbocycles. The standard InChI is InChI=1S/C16H21N3O/c1-13(16(20)18-14-7-3-2-4-8-14)19(12-11-17)15-9-5-6-10-15/h2-4,7-8,13,15H,5-6,9-10,12H2,1H3,(H,18,20). The predicted molar refractivity (Wildman–Crippen MR) is 79.1 cm³/mol. The van der Waals surface area contributed by atoms with E-state index >= 15 is 0 Å². The molecule has 1 aromatic rings. The fourth-order valence-electron chi connectivity index (χ4n) is 2.82. The zero-order chi connectivity index (χ0) is 14.4. The second-order valence-electron chi connectivity index (χ2n) is 5.30. The van der Waals surface area contributed by atoms with Crippen LogP contribution in [0.2, 0.25) is 0 Å². The Morgan fingerprint density at radius 1 is 1.40 bits per heavy atom. The summed E-state index contributed by atoms with van der Waals surface area (Å²) in [7, 11) is 0. The average Bonchev–Trinajstić information content (AvgIpc) is 2.99. The average molecular weight is 271 g/mol. The van der Waals surface area contributed by atoms with E-state index in [0.717, 1.165) is 18.5 Å². The van der Waals surface area contributed by atoms with E-state index in [2.05, 4.69) is 11.4 Å². The number of benzene rings is 1. The third kappa shape index (κ3) is 3.58. The molecule has 1 N–H and O–H groups in total. The third-order valence-electron chi connectivity index (χ3n) is 3.97. The van der Waals surface area contributed by atoms with Gasteiger partial charge in [0.1, 0.15) is 0 Å². The molecule has 0 aliphatic heterocycles. The van der Waals surface area contributed by atoms with Gasteiger partial charge in [0.05, 0.1) is 18.7 Å². The molecule has 2 rings (SSSR count). The van der Waals surface area contributed by atoms with Gasteiger partial charge < -0.3 is 5.32 Å². The van der Waals surface area contributed by atoms with Crippen molar-refractivity contribution in [3.8, 4) is 6.07 Å². The number of amides is 1. The Balaban J connectivity index is 2.01. The lowest BCUT2D eigenvalue weighted by atomic mass is 10.1. The van der Waals surface area contributed by atoms with Crippen LogP contribution in [0.25, 0.3) is 0 Å². The van der Waals surface area contributed by atoms with E-state index in [1.165, 1.54) is 12.8 Å². The highest BCUT2D eigenvalue weighted by molar-refractivity contribution is 5.94. The van der Waals surface area contributed by atoms with Crippen molar-refractivity contribution < 1.29 is 4.79 Å². The van der Waals surface area contributed by atoms with Crippen LogP contribution < -0.4 is 5.32 Å².